The van der Waals surface area contributed by atoms with Gasteiger partial charge in [0.05, 0.1) is 6.61 Å². The molecule has 1 aliphatic rings. The molecule has 5 heteroatoms. The van der Waals surface area contributed by atoms with Crippen molar-refractivity contribution in [2.75, 3.05) is 30.4 Å². The summed E-state index contributed by atoms with van der Waals surface area (Å²) in [6.07, 6.45) is 3.81. The van der Waals surface area contributed by atoms with Crippen LogP contribution in [0.2, 0.25) is 0 Å². The molecule has 0 aromatic carbocycles. The average molecular weight is 236 g/mol. The zero-order valence-corrected chi connectivity index (χ0v) is 10.5. The van der Waals surface area contributed by atoms with E-state index in [1.807, 2.05) is 13.0 Å². The molecule has 5 nitrogen and oxygen atoms in total. The number of hydrogen-bond donors (Lipinski definition) is 2. The predicted octanol–water partition coefficient (Wildman–Crippen LogP) is 1.18. The summed E-state index contributed by atoms with van der Waals surface area (Å²) < 4.78 is 0. The lowest BCUT2D eigenvalue weighted by atomic mass is 9.92. The highest BCUT2D eigenvalue weighted by molar-refractivity contribution is 5.49. The first-order valence-corrected chi connectivity index (χ1v) is 6.14. The normalized spacial score (nSPS) is 15.5. The van der Waals surface area contributed by atoms with E-state index < -0.39 is 0 Å². The van der Waals surface area contributed by atoms with Gasteiger partial charge in [-0.05, 0) is 26.2 Å². The van der Waals surface area contributed by atoms with Crippen molar-refractivity contribution in [3.05, 3.63) is 11.9 Å². The molecular formula is C12H20N4O. The molecule has 1 aromatic rings. The third kappa shape index (κ3) is 2.85. The monoisotopic (exact) mass is 236 g/mol. The first kappa shape index (κ1) is 12.1. The third-order valence-corrected chi connectivity index (χ3v) is 3.23. The minimum Gasteiger partial charge on any atom is -0.395 e. The maximum atomic E-state index is 8.79. The van der Waals surface area contributed by atoms with E-state index in [-0.39, 0.29) is 6.61 Å². The van der Waals surface area contributed by atoms with Gasteiger partial charge in [-0.25, -0.2) is 9.97 Å². The minimum atomic E-state index is 0.108. The number of aryl methyl sites for hydroxylation is 1. The fourth-order valence-corrected chi connectivity index (χ4v) is 1.97. The van der Waals surface area contributed by atoms with Crippen LogP contribution in [0.4, 0.5) is 11.6 Å². The fourth-order valence-electron chi connectivity index (χ4n) is 1.97. The van der Waals surface area contributed by atoms with E-state index in [1.54, 1.807) is 0 Å². The number of hydrogen-bond acceptors (Lipinski definition) is 5. The molecule has 94 valence electrons. The molecule has 0 spiro atoms. The van der Waals surface area contributed by atoms with Crippen LogP contribution in [-0.4, -0.2) is 41.3 Å². The second kappa shape index (κ2) is 5.31. The van der Waals surface area contributed by atoms with Crippen LogP contribution in [0.25, 0.3) is 0 Å². The van der Waals surface area contributed by atoms with Crippen molar-refractivity contribution in [3.8, 4) is 0 Å². The lowest BCUT2D eigenvalue weighted by Crippen LogP contribution is -2.37. The van der Waals surface area contributed by atoms with Crippen molar-refractivity contribution >= 4 is 11.6 Å². The summed E-state index contributed by atoms with van der Waals surface area (Å²) in [6, 6.07) is 2.57. The first-order chi connectivity index (χ1) is 8.20. The summed E-state index contributed by atoms with van der Waals surface area (Å²) in [5, 5.41) is 11.9. The van der Waals surface area contributed by atoms with E-state index in [0.29, 0.717) is 12.6 Å². The Kier molecular flexibility index (Phi) is 3.78. The van der Waals surface area contributed by atoms with Gasteiger partial charge >= 0.3 is 0 Å². The summed E-state index contributed by atoms with van der Waals surface area (Å²) >= 11 is 0. The van der Waals surface area contributed by atoms with Gasteiger partial charge in [0.25, 0.3) is 0 Å². The summed E-state index contributed by atoms with van der Waals surface area (Å²) in [7, 11) is 2.08. The second-order valence-electron chi connectivity index (χ2n) is 4.50. The van der Waals surface area contributed by atoms with Gasteiger partial charge in [0, 0.05) is 25.7 Å². The van der Waals surface area contributed by atoms with Crippen LogP contribution in [0.5, 0.6) is 0 Å². The van der Waals surface area contributed by atoms with E-state index in [4.69, 9.17) is 5.11 Å². The van der Waals surface area contributed by atoms with Crippen LogP contribution in [0, 0.1) is 6.92 Å². The number of rotatable bonds is 5. The predicted molar refractivity (Wildman–Crippen MR) is 68.4 cm³/mol. The van der Waals surface area contributed by atoms with Gasteiger partial charge < -0.3 is 15.3 Å². The number of anilines is 2. The van der Waals surface area contributed by atoms with Crippen LogP contribution < -0.4 is 10.2 Å². The molecule has 17 heavy (non-hydrogen) atoms. The zero-order valence-electron chi connectivity index (χ0n) is 10.5. The van der Waals surface area contributed by atoms with Crippen molar-refractivity contribution in [2.24, 2.45) is 0 Å². The Morgan fingerprint density at radius 2 is 2.24 bits per heavy atom. The summed E-state index contributed by atoms with van der Waals surface area (Å²) in [5.74, 6) is 2.50. The molecule has 2 N–H and O–H groups in total. The molecule has 0 unspecified atom stereocenters. The maximum Gasteiger partial charge on any atom is 0.134 e. The maximum absolute atomic E-state index is 8.79. The zero-order chi connectivity index (χ0) is 12.3. The average Bonchev–Trinajstić information content (AvgIpc) is 2.23. The van der Waals surface area contributed by atoms with Gasteiger partial charge in [-0.15, -0.1) is 0 Å². The molecule has 0 amide bonds. The summed E-state index contributed by atoms with van der Waals surface area (Å²) in [4.78, 5) is 11.0. The standard InChI is InChI=1S/C12H20N4O/c1-9-14-11(13-6-7-17)8-12(15-9)16(2)10-4-3-5-10/h8,10,17H,3-7H2,1-2H3,(H,13,14,15). The molecule has 0 aliphatic heterocycles. The molecule has 1 aliphatic carbocycles. The highest BCUT2D eigenvalue weighted by Crippen LogP contribution is 2.27. The summed E-state index contributed by atoms with van der Waals surface area (Å²) in [6.45, 7) is 2.52. The Labute approximate surface area is 102 Å². The van der Waals surface area contributed by atoms with E-state index in [9.17, 15) is 0 Å². The number of nitrogens with zero attached hydrogens (tertiary/aromatic N) is 3. The molecule has 0 saturated heterocycles. The van der Waals surface area contributed by atoms with Gasteiger partial charge in [-0.2, -0.15) is 0 Å². The number of aromatic nitrogens is 2. The van der Waals surface area contributed by atoms with Crippen molar-refractivity contribution in [3.63, 3.8) is 0 Å². The molecular weight excluding hydrogens is 216 g/mol. The minimum absolute atomic E-state index is 0.108. The molecule has 1 aromatic heterocycles. The molecule has 2 rings (SSSR count). The van der Waals surface area contributed by atoms with Gasteiger partial charge in [-0.3, -0.25) is 0 Å². The fraction of sp³-hybridized carbons (Fsp3) is 0.667. The lowest BCUT2D eigenvalue weighted by Gasteiger charge is -2.35. The van der Waals surface area contributed by atoms with Gasteiger partial charge in [0.2, 0.25) is 0 Å². The van der Waals surface area contributed by atoms with Crippen LogP contribution in [-0.2, 0) is 0 Å². The highest BCUT2D eigenvalue weighted by Gasteiger charge is 2.23. The van der Waals surface area contributed by atoms with E-state index in [1.165, 1.54) is 19.3 Å². The quantitative estimate of drug-likeness (QED) is 0.804. The molecule has 0 atom stereocenters. The van der Waals surface area contributed by atoms with Crippen LogP contribution in [0.15, 0.2) is 6.07 Å². The van der Waals surface area contributed by atoms with Crippen LogP contribution in [0.1, 0.15) is 25.1 Å². The molecule has 0 bridgehead atoms. The molecule has 1 saturated carbocycles. The lowest BCUT2D eigenvalue weighted by molar-refractivity contribution is 0.311. The Bertz CT molecular complexity index is 379. The van der Waals surface area contributed by atoms with Crippen LogP contribution in [0.3, 0.4) is 0 Å². The second-order valence-corrected chi connectivity index (χ2v) is 4.50. The van der Waals surface area contributed by atoms with Crippen molar-refractivity contribution in [1.82, 2.24) is 9.97 Å². The molecule has 1 fully saturated rings. The Hall–Kier alpha value is -1.36. The number of nitrogens with one attached hydrogen (secondary N) is 1. The smallest absolute Gasteiger partial charge is 0.134 e. The Morgan fingerprint density at radius 3 is 2.82 bits per heavy atom. The SMILES string of the molecule is Cc1nc(NCCO)cc(N(C)C2CCC2)n1. The first-order valence-electron chi connectivity index (χ1n) is 6.14. The van der Waals surface area contributed by atoms with Crippen molar-refractivity contribution in [2.45, 2.75) is 32.2 Å². The largest absolute Gasteiger partial charge is 0.395 e. The van der Waals surface area contributed by atoms with E-state index in [2.05, 4.69) is 27.2 Å². The number of aliphatic hydroxyl groups excluding tert-OH is 1. The van der Waals surface area contributed by atoms with E-state index in [0.717, 1.165) is 17.5 Å². The molecule has 0 radical (unpaired) electrons. The van der Waals surface area contributed by atoms with Crippen molar-refractivity contribution < 1.29 is 5.11 Å². The van der Waals surface area contributed by atoms with E-state index >= 15 is 0 Å². The molecule has 1 heterocycles. The van der Waals surface area contributed by atoms with Gasteiger partial charge in [0.15, 0.2) is 0 Å². The summed E-state index contributed by atoms with van der Waals surface area (Å²) in [5.41, 5.74) is 0. The highest BCUT2D eigenvalue weighted by atomic mass is 16.3. The van der Waals surface area contributed by atoms with Crippen molar-refractivity contribution in [1.29, 1.82) is 0 Å². The topological polar surface area (TPSA) is 61.3 Å². The van der Waals surface area contributed by atoms with Gasteiger partial charge in [-0.1, -0.05) is 0 Å². The third-order valence-electron chi connectivity index (χ3n) is 3.23. The van der Waals surface area contributed by atoms with Crippen LogP contribution >= 0.6 is 0 Å². The Morgan fingerprint density at radius 1 is 1.47 bits per heavy atom. The van der Waals surface area contributed by atoms with Gasteiger partial charge in [0.1, 0.15) is 17.5 Å². The number of aliphatic hydroxyl groups is 1. The Balaban J connectivity index is 2.12.